The molecule has 1 aromatic carbocycles. The van der Waals surface area contributed by atoms with Crippen molar-refractivity contribution in [3.8, 4) is 5.75 Å². The number of carbonyl (C=O) groups excluding carboxylic acids is 2. The number of amides is 2. The van der Waals surface area contributed by atoms with Crippen LogP contribution in [0.3, 0.4) is 0 Å². The molecule has 0 bridgehead atoms. The molecule has 0 unspecified atom stereocenters. The van der Waals surface area contributed by atoms with Gasteiger partial charge in [-0.25, -0.2) is 0 Å². The minimum Gasteiger partial charge on any atom is -0.495 e. The van der Waals surface area contributed by atoms with Crippen molar-refractivity contribution in [2.45, 2.75) is 117 Å². The van der Waals surface area contributed by atoms with Gasteiger partial charge in [0.15, 0.2) is 0 Å². The number of hydrogen-bond acceptors (Lipinski definition) is 3. The average Bonchev–Trinajstić information content (AvgIpc) is 2.86. The van der Waals surface area contributed by atoms with Crippen LogP contribution in [-0.2, 0) is 4.79 Å². The summed E-state index contributed by atoms with van der Waals surface area (Å²) < 4.78 is 5.36. The third-order valence-corrected chi connectivity index (χ3v) is 6.22. The van der Waals surface area contributed by atoms with Crippen LogP contribution in [0.4, 0.5) is 5.69 Å². The fraction of sp³-hybridized carbons (Fsp3) is 0.667. The molecule has 1 rings (SSSR count). The van der Waals surface area contributed by atoms with Crippen molar-refractivity contribution in [3.05, 3.63) is 35.9 Å². The molecule has 5 nitrogen and oxygen atoms in total. The van der Waals surface area contributed by atoms with Crippen molar-refractivity contribution < 1.29 is 14.3 Å². The molecule has 5 heteroatoms. The highest BCUT2D eigenvalue weighted by Crippen LogP contribution is 2.26. The van der Waals surface area contributed by atoms with Gasteiger partial charge in [0.1, 0.15) is 5.75 Å². The Morgan fingerprint density at radius 3 is 2.03 bits per heavy atom. The molecular weight excluding hydrogens is 436 g/mol. The predicted molar refractivity (Wildman–Crippen MR) is 148 cm³/mol. The normalized spacial score (nSPS) is 11.1. The Bertz CT molecular complexity index is 730. The van der Waals surface area contributed by atoms with Gasteiger partial charge in [-0.05, 0) is 56.7 Å². The van der Waals surface area contributed by atoms with Gasteiger partial charge in [0.05, 0.1) is 12.8 Å². The summed E-state index contributed by atoms with van der Waals surface area (Å²) in [5, 5.41) is 5.83. The number of allylic oxidation sites excluding steroid dienone is 2. The molecular formula is C30H50N2O3. The number of ether oxygens (including phenoxy) is 1. The van der Waals surface area contributed by atoms with E-state index < -0.39 is 0 Å². The zero-order valence-electron chi connectivity index (χ0n) is 22.6. The van der Waals surface area contributed by atoms with E-state index in [0.29, 0.717) is 30.0 Å². The Balaban J connectivity index is 2.18. The van der Waals surface area contributed by atoms with Gasteiger partial charge in [-0.1, -0.05) is 83.8 Å². The molecule has 0 aliphatic rings. The van der Waals surface area contributed by atoms with E-state index in [1.807, 2.05) is 0 Å². The molecule has 0 atom stereocenters. The molecule has 35 heavy (non-hydrogen) atoms. The molecule has 0 saturated carbocycles. The van der Waals surface area contributed by atoms with E-state index in [4.69, 9.17) is 4.74 Å². The summed E-state index contributed by atoms with van der Waals surface area (Å²) in [6.45, 7) is 5.00. The molecule has 2 N–H and O–H groups in total. The number of anilines is 1. The lowest BCUT2D eigenvalue weighted by Crippen LogP contribution is -2.24. The Hall–Kier alpha value is -2.30. The Labute approximate surface area is 214 Å². The summed E-state index contributed by atoms with van der Waals surface area (Å²) in [7, 11) is 1.57. The smallest absolute Gasteiger partial charge is 0.251 e. The number of hydrogen-bond donors (Lipinski definition) is 2. The van der Waals surface area contributed by atoms with Crippen molar-refractivity contribution >= 4 is 17.5 Å². The van der Waals surface area contributed by atoms with E-state index in [2.05, 4.69) is 36.6 Å². The Morgan fingerprint density at radius 1 is 0.800 bits per heavy atom. The van der Waals surface area contributed by atoms with Gasteiger partial charge in [0.2, 0.25) is 5.91 Å². The molecule has 2 amide bonds. The number of benzene rings is 1. The van der Waals surface area contributed by atoms with Gasteiger partial charge < -0.3 is 15.4 Å². The van der Waals surface area contributed by atoms with Gasteiger partial charge in [-0.15, -0.1) is 0 Å². The molecule has 0 radical (unpaired) electrons. The summed E-state index contributed by atoms with van der Waals surface area (Å²) in [4.78, 5) is 24.7. The first-order valence-electron chi connectivity index (χ1n) is 14.0. The first-order chi connectivity index (χ1) is 17.1. The van der Waals surface area contributed by atoms with Crippen molar-refractivity contribution in [3.63, 3.8) is 0 Å². The van der Waals surface area contributed by atoms with Crippen LogP contribution < -0.4 is 15.4 Å². The van der Waals surface area contributed by atoms with Gasteiger partial charge in [0.25, 0.3) is 5.91 Å². The third kappa shape index (κ3) is 15.3. The second-order valence-corrected chi connectivity index (χ2v) is 9.41. The van der Waals surface area contributed by atoms with E-state index in [9.17, 15) is 9.59 Å². The minimum absolute atomic E-state index is 0.0375. The predicted octanol–water partition coefficient (Wildman–Crippen LogP) is 8.20. The quantitative estimate of drug-likeness (QED) is 0.136. The van der Waals surface area contributed by atoms with Crippen LogP contribution in [0.1, 0.15) is 127 Å². The van der Waals surface area contributed by atoms with Gasteiger partial charge >= 0.3 is 0 Å². The van der Waals surface area contributed by atoms with E-state index in [0.717, 1.165) is 32.1 Å². The highest BCUT2D eigenvalue weighted by Gasteiger charge is 2.12. The number of rotatable bonds is 21. The van der Waals surface area contributed by atoms with E-state index in [1.54, 1.807) is 25.3 Å². The second-order valence-electron chi connectivity index (χ2n) is 9.41. The Morgan fingerprint density at radius 2 is 1.40 bits per heavy atom. The fourth-order valence-electron chi connectivity index (χ4n) is 4.00. The summed E-state index contributed by atoms with van der Waals surface area (Å²) >= 11 is 0. The summed E-state index contributed by atoms with van der Waals surface area (Å²) in [5.74, 6) is 0.395. The summed E-state index contributed by atoms with van der Waals surface area (Å²) in [6, 6.07) is 5.14. The van der Waals surface area contributed by atoms with Crippen LogP contribution in [0.2, 0.25) is 0 Å². The van der Waals surface area contributed by atoms with Gasteiger partial charge in [-0.3, -0.25) is 9.59 Å². The lowest BCUT2D eigenvalue weighted by molar-refractivity contribution is -0.116. The first kappa shape index (κ1) is 30.7. The molecule has 0 aliphatic carbocycles. The summed E-state index contributed by atoms with van der Waals surface area (Å²) in [5.41, 5.74) is 1.08. The third-order valence-electron chi connectivity index (χ3n) is 6.22. The topological polar surface area (TPSA) is 67.4 Å². The maximum absolute atomic E-state index is 12.4. The number of nitrogens with one attached hydrogen (secondary N) is 2. The monoisotopic (exact) mass is 486 g/mol. The van der Waals surface area contributed by atoms with Crippen LogP contribution in [0, 0.1) is 0 Å². The first-order valence-corrected chi connectivity index (χ1v) is 14.0. The molecule has 0 heterocycles. The van der Waals surface area contributed by atoms with Gasteiger partial charge in [-0.2, -0.15) is 0 Å². The molecule has 0 fully saturated rings. The highest BCUT2D eigenvalue weighted by molar-refractivity contribution is 5.98. The van der Waals surface area contributed by atoms with E-state index in [-0.39, 0.29) is 11.8 Å². The van der Waals surface area contributed by atoms with Crippen molar-refractivity contribution in [2.24, 2.45) is 0 Å². The summed E-state index contributed by atoms with van der Waals surface area (Å²) in [6.07, 6.45) is 23.2. The number of carbonyl (C=O) groups is 2. The SMILES string of the molecule is CCCCCCCC/C=C\CCCCCCCC(=O)Nc1cc(C(=O)NCCCC)ccc1OC. The van der Waals surface area contributed by atoms with Crippen LogP contribution in [0.25, 0.3) is 0 Å². The zero-order valence-corrected chi connectivity index (χ0v) is 22.6. The minimum atomic E-state index is -0.131. The molecule has 0 saturated heterocycles. The molecule has 0 aliphatic heterocycles. The molecule has 1 aromatic rings. The van der Waals surface area contributed by atoms with Crippen molar-refractivity contribution in [1.82, 2.24) is 5.32 Å². The zero-order chi connectivity index (χ0) is 25.6. The van der Waals surface area contributed by atoms with Crippen LogP contribution >= 0.6 is 0 Å². The van der Waals surface area contributed by atoms with Gasteiger partial charge in [0, 0.05) is 18.5 Å². The molecule has 0 aromatic heterocycles. The lowest BCUT2D eigenvalue weighted by Gasteiger charge is -2.12. The average molecular weight is 487 g/mol. The van der Waals surface area contributed by atoms with E-state index in [1.165, 1.54) is 64.2 Å². The maximum atomic E-state index is 12.4. The largest absolute Gasteiger partial charge is 0.495 e. The van der Waals surface area contributed by atoms with Crippen molar-refractivity contribution in [2.75, 3.05) is 19.0 Å². The molecule has 198 valence electrons. The second kappa shape index (κ2) is 21.0. The maximum Gasteiger partial charge on any atom is 0.251 e. The van der Waals surface area contributed by atoms with Crippen LogP contribution in [0.15, 0.2) is 30.4 Å². The number of unbranched alkanes of at least 4 members (excludes halogenated alkanes) is 12. The molecule has 0 spiro atoms. The number of methoxy groups -OCH3 is 1. The van der Waals surface area contributed by atoms with Crippen LogP contribution in [0.5, 0.6) is 5.75 Å². The van der Waals surface area contributed by atoms with Crippen LogP contribution in [-0.4, -0.2) is 25.5 Å². The standard InChI is InChI=1S/C30H50N2O3/c1-4-6-8-9-10-11-12-13-14-15-16-17-18-19-20-21-29(33)32-27-25-26(22-23-28(27)35-3)30(34)31-24-7-5-2/h13-14,22-23,25H,4-12,15-21,24H2,1-3H3,(H,31,34)(H,32,33)/b14-13-. The fourth-order valence-corrected chi connectivity index (χ4v) is 4.00. The Kier molecular flexibility index (Phi) is 18.5. The van der Waals surface area contributed by atoms with Crippen molar-refractivity contribution in [1.29, 1.82) is 0 Å². The van der Waals surface area contributed by atoms with E-state index >= 15 is 0 Å². The highest BCUT2D eigenvalue weighted by atomic mass is 16.5. The lowest BCUT2D eigenvalue weighted by atomic mass is 10.1.